The molecule has 0 radical (unpaired) electrons. The van der Waals surface area contributed by atoms with Crippen molar-refractivity contribution in [2.75, 3.05) is 6.61 Å². The first-order valence-corrected chi connectivity index (χ1v) is 3.94. The molecule has 0 fully saturated rings. The molecule has 0 aliphatic rings. The quantitative estimate of drug-likeness (QED) is 0.538. The average Bonchev–Trinajstić information content (AvgIpc) is 1.73. The van der Waals surface area contributed by atoms with Gasteiger partial charge in [0.15, 0.2) is 0 Å². The zero-order valence-electron chi connectivity index (χ0n) is 5.23. The van der Waals surface area contributed by atoms with Gasteiger partial charge in [-0.1, -0.05) is 13.8 Å². The molecule has 7 heavy (non-hydrogen) atoms. The Morgan fingerprint density at radius 3 is 1.57 bits per heavy atom. The van der Waals surface area contributed by atoms with Crippen LogP contribution in [0.15, 0.2) is 0 Å². The molecule has 0 atom stereocenters. The number of aliphatic hydroxyl groups excluding tert-OH is 1. The maximum absolute atomic E-state index is 8.14. The normalized spacial score (nSPS) is 7.43. The molecule has 0 spiro atoms. The van der Waals surface area contributed by atoms with E-state index in [-0.39, 0.29) is 0 Å². The fraction of sp³-hybridized carbons (Fsp3) is 1.00. The van der Waals surface area contributed by atoms with Crippen molar-refractivity contribution >= 4 is 0 Å². The zero-order valence-corrected chi connectivity index (χ0v) is 6.79. The van der Waals surface area contributed by atoms with Gasteiger partial charge < -0.3 is 5.11 Å². The predicted octanol–water partition coefficient (Wildman–Crippen LogP) is 1.22. The van der Waals surface area contributed by atoms with Gasteiger partial charge in [-0.15, -0.1) is 0 Å². The van der Waals surface area contributed by atoms with E-state index in [1.807, 2.05) is 39.5 Å². The van der Waals surface area contributed by atoms with Crippen molar-refractivity contribution in [2.24, 2.45) is 5.92 Å². The standard InChI is InChI=1S/C4H10O.CH3.Ti/c1-4(2)3-5;;/h4-5H,3H2,1-2H3;1H3;. The van der Waals surface area contributed by atoms with Gasteiger partial charge in [0.25, 0.3) is 0 Å². The van der Waals surface area contributed by atoms with E-state index in [1.54, 1.807) is 0 Å². The minimum absolute atomic E-state index is 0.306. The summed E-state index contributed by atoms with van der Waals surface area (Å²) in [5, 5.41) is 10.1. The second-order valence-electron chi connectivity index (χ2n) is 1.58. The van der Waals surface area contributed by atoms with E-state index in [1.165, 1.54) is 0 Å². The van der Waals surface area contributed by atoms with Crippen LogP contribution in [0.4, 0.5) is 0 Å². The first kappa shape index (κ1) is 10.6. The molecule has 0 aromatic heterocycles. The Balaban J connectivity index is 0. The molecule has 0 aromatic carbocycles. The third kappa shape index (κ3) is 20.4. The number of hydrogen-bond acceptors (Lipinski definition) is 1. The van der Waals surface area contributed by atoms with Gasteiger partial charge in [0.2, 0.25) is 0 Å². The summed E-state index contributed by atoms with van der Waals surface area (Å²) in [6.07, 6.45) is 0. The van der Waals surface area contributed by atoms with Gasteiger partial charge in [-0.3, -0.25) is 0 Å². The van der Waals surface area contributed by atoms with Crippen LogP contribution in [0.3, 0.4) is 0 Å². The maximum atomic E-state index is 8.14. The molecule has 0 saturated carbocycles. The van der Waals surface area contributed by atoms with Gasteiger partial charge in [0.1, 0.15) is 0 Å². The minimum atomic E-state index is 0.306. The molecule has 0 bridgehead atoms. The van der Waals surface area contributed by atoms with Crippen molar-refractivity contribution in [3.8, 4) is 0 Å². The third-order valence-corrected chi connectivity index (χ3v) is 0.365. The second-order valence-corrected chi connectivity index (χ2v) is 1.58. The summed E-state index contributed by atoms with van der Waals surface area (Å²) in [5.41, 5.74) is 0. The Bertz CT molecular complexity index is 22.0. The Morgan fingerprint density at radius 1 is 1.43 bits per heavy atom. The van der Waals surface area contributed by atoms with Gasteiger partial charge in [-0.2, -0.15) is 0 Å². The molecular formula is C5H13OTi. The van der Waals surface area contributed by atoms with Crippen molar-refractivity contribution < 1.29 is 25.5 Å². The molecule has 0 heterocycles. The second kappa shape index (κ2) is 9.84. The van der Waals surface area contributed by atoms with Crippen molar-refractivity contribution in [1.29, 1.82) is 0 Å². The number of hydrogen-bond donors (Lipinski definition) is 1. The molecule has 0 aliphatic carbocycles. The fourth-order valence-electron chi connectivity index (χ4n) is 0. The van der Waals surface area contributed by atoms with Gasteiger partial charge in [-0.05, 0) is 5.92 Å². The molecule has 1 nitrogen and oxygen atoms in total. The molecule has 2 heteroatoms. The average molecular weight is 137 g/mol. The first-order chi connectivity index (χ1) is 3.27. The van der Waals surface area contributed by atoms with Crippen LogP contribution in [-0.4, -0.2) is 11.7 Å². The van der Waals surface area contributed by atoms with Crippen molar-refractivity contribution in [3.63, 3.8) is 0 Å². The van der Waals surface area contributed by atoms with Crippen LogP contribution in [0, 0.1) is 5.92 Å². The van der Waals surface area contributed by atoms with E-state index in [2.05, 4.69) is 0 Å². The summed E-state index contributed by atoms with van der Waals surface area (Å²) >= 11 is 2.00. The van der Waals surface area contributed by atoms with Crippen LogP contribution in [0.5, 0.6) is 0 Å². The Labute approximate surface area is 57.5 Å². The summed E-state index contributed by atoms with van der Waals surface area (Å²) in [5.74, 6) is 0.440. The molecule has 0 aromatic rings. The summed E-state index contributed by atoms with van der Waals surface area (Å²) in [7, 11) is 0. The van der Waals surface area contributed by atoms with Crippen LogP contribution in [0.2, 0.25) is 5.23 Å². The Kier molecular flexibility index (Phi) is 14.9. The Morgan fingerprint density at radius 2 is 1.57 bits per heavy atom. The summed E-state index contributed by atoms with van der Waals surface area (Å²) in [6.45, 7) is 4.25. The van der Waals surface area contributed by atoms with Crippen LogP contribution in [0.25, 0.3) is 0 Å². The van der Waals surface area contributed by atoms with E-state index in [9.17, 15) is 0 Å². The van der Waals surface area contributed by atoms with E-state index in [0.717, 1.165) is 0 Å². The van der Waals surface area contributed by atoms with Crippen LogP contribution in [-0.2, 0) is 20.4 Å². The van der Waals surface area contributed by atoms with Gasteiger partial charge >= 0.3 is 25.7 Å². The number of aliphatic hydroxyl groups is 1. The van der Waals surface area contributed by atoms with E-state index in [4.69, 9.17) is 5.11 Å². The van der Waals surface area contributed by atoms with Crippen molar-refractivity contribution in [3.05, 3.63) is 0 Å². The summed E-state index contributed by atoms with van der Waals surface area (Å²) < 4.78 is 0. The van der Waals surface area contributed by atoms with E-state index < -0.39 is 0 Å². The summed E-state index contributed by atoms with van der Waals surface area (Å²) in [6, 6.07) is 0. The molecule has 0 aliphatic heterocycles. The van der Waals surface area contributed by atoms with Gasteiger partial charge in [0.05, 0.1) is 0 Å². The molecule has 0 amide bonds. The van der Waals surface area contributed by atoms with Crippen LogP contribution in [0.1, 0.15) is 13.8 Å². The van der Waals surface area contributed by atoms with Crippen LogP contribution >= 0.6 is 0 Å². The zero-order chi connectivity index (χ0) is 6.28. The van der Waals surface area contributed by atoms with E-state index in [0.29, 0.717) is 12.5 Å². The van der Waals surface area contributed by atoms with Gasteiger partial charge in [-0.25, -0.2) is 0 Å². The Hall–Kier alpha value is 0.674. The molecule has 1 N–H and O–H groups in total. The van der Waals surface area contributed by atoms with Gasteiger partial charge in [0, 0.05) is 6.61 Å². The summed E-state index contributed by atoms with van der Waals surface area (Å²) in [4.78, 5) is 0. The van der Waals surface area contributed by atoms with Crippen molar-refractivity contribution in [1.82, 2.24) is 0 Å². The van der Waals surface area contributed by atoms with Crippen LogP contribution < -0.4 is 0 Å². The van der Waals surface area contributed by atoms with E-state index >= 15 is 0 Å². The molecule has 0 saturated heterocycles. The SMILES string of the molecule is CC(C)CO.[CH3][Ti]. The monoisotopic (exact) mass is 137 g/mol. The molecule has 43 valence electrons. The topological polar surface area (TPSA) is 20.2 Å². The third-order valence-electron chi connectivity index (χ3n) is 0.365. The first-order valence-electron chi connectivity index (χ1n) is 2.38. The molecular weight excluding hydrogens is 124 g/mol. The number of rotatable bonds is 1. The molecule has 0 unspecified atom stereocenters. The fourth-order valence-corrected chi connectivity index (χ4v) is 0. The molecule has 0 rings (SSSR count). The van der Waals surface area contributed by atoms with Crippen molar-refractivity contribution in [2.45, 2.75) is 19.1 Å². The predicted molar refractivity (Wildman–Crippen MR) is 27.8 cm³/mol.